The number of nitrogens with one attached hydrogen (secondary N) is 1. The van der Waals surface area contributed by atoms with Crippen LogP contribution in [-0.4, -0.2) is 8.42 Å². The molecule has 0 aliphatic rings. The van der Waals surface area contributed by atoms with E-state index in [4.69, 9.17) is 17.3 Å². The van der Waals surface area contributed by atoms with E-state index >= 15 is 0 Å². The van der Waals surface area contributed by atoms with Gasteiger partial charge in [0.05, 0.1) is 10.7 Å². The molecular formula is C12H10ClFN2O2S. The summed E-state index contributed by atoms with van der Waals surface area (Å²) in [5, 5.41) is 0.0610. The highest BCUT2D eigenvalue weighted by molar-refractivity contribution is 7.92. The van der Waals surface area contributed by atoms with Gasteiger partial charge in [0.25, 0.3) is 10.0 Å². The van der Waals surface area contributed by atoms with E-state index in [2.05, 4.69) is 4.72 Å². The van der Waals surface area contributed by atoms with Crippen LogP contribution >= 0.6 is 11.6 Å². The first-order chi connectivity index (χ1) is 8.90. The Morgan fingerprint density at radius 3 is 2.47 bits per heavy atom. The van der Waals surface area contributed by atoms with Crippen molar-refractivity contribution in [2.45, 2.75) is 4.90 Å². The highest BCUT2D eigenvalue weighted by atomic mass is 35.5. The average molecular weight is 301 g/mol. The zero-order chi connectivity index (χ0) is 14.0. The fraction of sp³-hybridized carbons (Fsp3) is 0. The standard InChI is InChI=1S/C12H10ClFN2O2S/c13-9-3-1-2-4-12(9)19(17,18)16-11-6-5-8(15)7-10(11)14/h1-7,16H,15H2. The highest BCUT2D eigenvalue weighted by Crippen LogP contribution is 2.25. The van der Waals surface area contributed by atoms with Crippen molar-refractivity contribution in [3.05, 3.63) is 53.3 Å². The van der Waals surface area contributed by atoms with E-state index in [1.807, 2.05) is 0 Å². The molecule has 7 heteroatoms. The van der Waals surface area contributed by atoms with Crippen LogP contribution in [0.2, 0.25) is 5.02 Å². The Kier molecular flexibility index (Phi) is 3.64. The number of nitrogens with two attached hydrogens (primary N) is 1. The fourth-order valence-electron chi connectivity index (χ4n) is 1.48. The summed E-state index contributed by atoms with van der Waals surface area (Å²) in [5.74, 6) is -0.754. The molecule has 2 rings (SSSR count). The van der Waals surface area contributed by atoms with Gasteiger partial charge in [-0.15, -0.1) is 0 Å². The molecule has 0 aromatic heterocycles. The fourth-order valence-corrected chi connectivity index (χ4v) is 3.06. The number of hydrogen-bond acceptors (Lipinski definition) is 3. The number of sulfonamides is 1. The average Bonchev–Trinajstić information content (AvgIpc) is 2.33. The van der Waals surface area contributed by atoms with Crippen LogP contribution in [0, 0.1) is 5.82 Å². The first-order valence-corrected chi connectivity index (χ1v) is 7.08. The van der Waals surface area contributed by atoms with Crippen LogP contribution in [0.25, 0.3) is 0 Å². The van der Waals surface area contributed by atoms with Crippen LogP contribution in [-0.2, 0) is 10.0 Å². The van der Waals surface area contributed by atoms with E-state index in [1.54, 1.807) is 6.07 Å². The van der Waals surface area contributed by atoms with Crippen LogP contribution in [0.5, 0.6) is 0 Å². The molecule has 19 heavy (non-hydrogen) atoms. The second-order valence-electron chi connectivity index (χ2n) is 3.78. The molecular weight excluding hydrogens is 291 g/mol. The molecule has 0 saturated heterocycles. The van der Waals surface area contributed by atoms with E-state index in [-0.39, 0.29) is 21.3 Å². The molecule has 0 bridgehead atoms. The van der Waals surface area contributed by atoms with Crippen molar-refractivity contribution in [2.24, 2.45) is 0 Å². The van der Waals surface area contributed by atoms with E-state index in [9.17, 15) is 12.8 Å². The summed E-state index contributed by atoms with van der Waals surface area (Å²) in [5.41, 5.74) is 5.41. The summed E-state index contributed by atoms with van der Waals surface area (Å²) in [6, 6.07) is 9.58. The summed E-state index contributed by atoms with van der Waals surface area (Å²) in [6.45, 7) is 0. The minimum absolute atomic E-state index is 0.0610. The largest absolute Gasteiger partial charge is 0.399 e. The van der Waals surface area contributed by atoms with Crippen LogP contribution in [0.4, 0.5) is 15.8 Å². The van der Waals surface area contributed by atoms with Gasteiger partial charge in [-0.2, -0.15) is 0 Å². The summed E-state index contributed by atoms with van der Waals surface area (Å²) < 4.78 is 39.8. The van der Waals surface area contributed by atoms with Gasteiger partial charge in [-0.3, -0.25) is 4.72 Å². The molecule has 0 aliphatic heterocycles. The van der Waals surface area contributed by atoms with E-state index < -0.39 is 15.8 Å². The predicted octanol–water partition coefficient (Wildman–Crippen LogP) is 2.86. The smallest absolute Gasteiger partial charge is 0.263 e. The summed E-state index contributed by atoms with van der Waals surface area (Å²) >= 11 is 5.81. The molecule has 4 nitrogen and oxygen atoms in total. The third kappa shape index (κ3) is 2.97. The van der Waals surface area contributed by atoms with Gasteiger partial charge in [-0.1, -0.05) is 23.7 Å². The van der Waals surface area contributed by atoms with Crippen LogP contribution in [0.1, 0.15) is 0 Å². The Bertz CT molecular complexity index is 719. The molecule has 2 aromatic rings. The molecule has 0 fully saturated rings. The number of anilines is 2. The van der Waals surface area contributed by atoms with Crippen molar-refractivity contribution in [3.8, 4) is 0 Å². The maximum absolute atomic E-state index is 13.6. The molecule has 2 aromatic carbocycles. The van der Waals surface area contributed by atoms with Gasteiger partial charge < -0.3 is 5.73 Å². The van der Waals surface area contributed by atoms with Gasteiger partial charge in [0.2, 0.25) is 0 Å². The van der Waals surface area contributed by atoms with Crippen molar-refractivity contribution in [1.82, 2.24) is 0 Å². The van der Waals surface area contributed by atoms with Gasteiger partial charge in [0.15, 0.2) is 0 Å². The Labute approximate surface area is 115 Å². The SMILES string of the molecule is Nc1ccc(NS(=O)(=O)c2ccccc2Cl)c(F)c1. The maximum Gasteiger partial charge on any atom is 0.263 e. The molecule has 0 unspecified atom stereocenters. The van der Waals surface area contributed by atoms with Crippen molar-refractivity contribution in [3.63, 3.8) is 0 Å². The monoisotopic (exact) mass is 300 g/mol. The maximum atomic E-state index is 13.6. The van der Waals surface area contributed by atoms with Crippen LogP contribution < -0.4 is 10.5 Å². The van der Waals surface area contributed by atoms with E-state index in [1.165, 1.54) is 30.3 Å². The second kappa shape index (κ2) is 5.07. The summed E-state index contributed by atoms with van der Waals surface area (Å²) in [6.07, 6.45) is 0. The minimum Gasteiger partial charge on any atom is -0.399 e. The summed E-state index contributed by atoms with van der Waals surface area (Å²) in [7, 11) is -3.94. The van der Waals surface area contributed by atoms with Gasteiger partial charge in [-0.05, 0) is 30.3 Å². The summed E-state index contributed by atoms with van der Waals surface area (Å²) in [4.78, 5) is -0.118. The van der Waals surface area contributed by atoms with E-state index in [0.717, 1.165) is 6.07 Å². The van der Waals surface area contributed by atoms with Gasteiger partial charge >= 0.3 is 0 Å². The Morgan fingerprint density at radius 1 is 1.16 bits per heavy atom. The molecule has 0 saturated carbocycles. The van der Waals surface area contributed by atoms with Gasteiger partial charge in [0, 0.05) is 5.69 Å². The Morgan fingerprint density at radius 2 is 1.84 bits per heavy atom. The molecule has 3 N–H and O–H groups in total. The lowest BCUT2D eigenvalue weighted by Crippen LogP contribution is -2.14. The van der Waals surface area contributed by atoms with Crippen LogP contribution in [0.3, 0.4) is 0 Å². The number of hydrogen-bond donors (Lipinski definition) is 2. The van der Waals surface area contributed by atoms with Crippen molar-refractivity contribution < 1.29 is 12.8 Å². The van der Waals surface area contributed by atoms with E-state index in [0.29, 0.717) is 0 Å². The number of halogens is 2. The van der Waals surface area contributed by atoms with Crippen molar-refractivity contribution in [2.75, 3.05) is 10.5 Å². The van der Waals surface area contributed by atoms with Crippen molar-refractivity contribution in [1.29, 1.82) is 0 Å². The number of benzene rings is 2. The molecule has 0 heterocycles. The first kappa shape index (κ1) is 13.6. The minimum atomic E-state index is -3.94. The lowest BCUT2D eigenvalue weighted by atomic mass is 10.3. The molecule has 0 amide bonds. The van der Waals surface area contributed by atoms with Gasteiger partial charge in [-0.25, -0.2) is 12.8 Å². The van der Waals surface area contributed by atoms with Crippen LogP contribution in [0.15, 0.2) is 47.4 Å². The number of nitrogen functional groups attached to an aromatic ring is 1. The van der Waals surface area contributed by atoms with Crippen molar-refractivity contribution >= 4 is 33.0 Å². The molecule has 100 valence electrons. The number of rotatable bonds is 3. The molecule has 0 radical (unpaired) electrons. The zero-order valence-corrected chi connectivity index (χ0v) is 11.2. The molecule has 0 aliphatic carbocycles. The zero-order valence-electron chi connectivity index (χ0n) is 9.60. The molecule has 0 atom stereocenters. The topological polar surface area (TPSA) is 72.2 Å². The van der Waals surface area contributed by atoms with Gasteiger partial charge in [0.1, 0.15) is 10.7 Å². The third-order valence-electron chi connectivity index (χ3n) is 2.36. The third-order valence-corrected chi connectivity index (χ3v) is 4.23. The second-order valence-corrected chi connectivity index (χ2v) is 5.83. The lowest BCUT2D eigenvalue weighted by molar-refractivity contribution is 0.598. The normalized spacial score (nSPS) is 11.3. The Balaban J connectivity index is 2.40. The predicted molar refractivity (Wildman–Crippen MR) is 73.1 cm³/mol. The molecule has 0 spiro atoms. The first-order valence-electron chi connectivity index (χ1n) is 5.22. The highest BCUT2D eigenvalue weighted by Gasteiger charge is 2.19. The lowest BCUT2D eigenvalue weighted by Gasteiger charge is -2.10. The Hall–Kier alpha value is -1.79. The quantitative estimate of drug-likeness (QED) is 0.856.